The molecule has 0 aliphatic heterocycles. The third kappa shape index (κ3) is 3.30. The number of aliphatic carboxylic acids is 1. The summed E-state index contributed by atoms with van der Waals surface area (Å²) < 4.78 is 7.18. The van der Waals surface area contributed by atoms with Gasteiger partial charge in [0.2, 0.25) is 0 Å². The van der Waals surface area contributed by atoms with Crippen LogP contribution in [0.5, 0.6) is 0 Å². The van der Waals surface area contributed by atoms with Gasteiger partial charge in [0.25, 0.3) is 11.1 Å². The maximum atomic E-state index is 10.4. The van der Waals surface area contributed by atoms with Crippen LogP contribution in [0.15, 0.2) is 24.0 Å². The second-order valence-corrected chi connectivity index (χ2v) is 6.94. The van der Waals surface area contributed by atoms with Crippen molar-refractivity contribution in [1.29, 1.82) is 0 Å². The summed E-state index contributed by atoms with van der Waals surface area (Å²) in [4.78, 5) is 11.2. The van der Waals surface area contributed by atoms with Crippen LogP contribution < -0.4 is 0 Å². The molecule has 2 rings (SSSR count). The Labute approximate surface area is 121 Å². The smallest absolute Gasteiger partial charge is 0.314 e. The molecule has 0 saturated carbocycles. The van der Waals surface area contributed by atoms with E-state index < -0.39 is 5.97 Å². The lowest BCUT2D eigenvalue weighted by Gasteiger charge is -1.88. The first-order valence-electron chi connectivity index (χ1n) is 4.19. The molecule has 0 unspecified atom stereocenters. The van der Waals surface area contributed by atoms with Gasteiger partial charge in [0, 0.05) is 4.47 Å². The van der Waals surface area contributed by atoms with Crippen molar-refractivity contribution in [3.05, 3.63) is 14.3 Å². The van der Waals surface area contributed by atoms with E-state index in [0.29, 0.717) is 5.89 Å². The van der Waals surface area contributed by atoms with Gasteiger partial charge in [-0.15, -0.1) is 21.5 Å². The monoisotopic (exact) mass is 398 g/mol. The van der Waals surface area contributed by atoms with Crippen LogP contribution in [-0.4, -0.2) is 27.0 Å². The largest absolute Gasteiger partial charge is 0.481 e. The highest BCUT2D eigenvalue weighted by atomic mass is 79.9. The molecule has 0 bridgehead atoms. The molecule has 2 aromatic rings. The summed E-state index contributed by atoms with van der Waals surface area (Å²) in [6.45, 7) is 0. The molecule has 9 heteroatoms. The van der Waals surface area contributed by atoms with Gasteiger partial charge in [-0.05, 0) is 37.9 Å². The first-order valence-corrected chi connectivity index (χ1v) is 7.58. The summed E-state index contributed by atoms with van der Waals surface area (Å²) in [5.74, 6) is -0.634. The van der Waals surface area contributed by atoms with Crippen LogP contribution >= 0.6 is 55.0 Å². The third-order valence-corrected chi connectivity index (χ3v) is 5.63. The van der Waals surface area contributed by atoms with Crippen molar-refractivity contribution in [2.75, 3.05) is 5.75 Å². The number of thioether (sulfide) groups is 1. The number of nitrogens with zero attached hydrogens (tertiary/aromatic N) is 2. The topological polar surface area (TPSA) is 76.2 Å². The lowest BCUT2D eigenvalue weighted by Crippen LogP contribution is -1.97. The van der Waals surface area contributed by atoms with E-state index >= 15 is 0 Å². The van der Waals surface area contributed by atoms with Gasteiger partial charge in [0.1, 0.15) is 5.75 Å². The van der Waals surface area contributed by atoms with Gasteiger partial charge in [0.15, 0.2) is 0 Å². The Morgan fingerprint density at radius 1 is 1.53 bits per heavy atom. The molecular formula is C8H4Br2N2O3S2. The van der Waals surface area contributed by atoms with Crippen LogP contribution in [-0.2, 0) is 4.79 Å². The van der Waals surface area contributed by atoms with E-state index in [1.54, 1.807) is 0 Å². The molecule has 0 aliphatic rings. The molecule has 5 nitrogen and oxygen atoms in total. The molecule has 17 heavy (non-hydrogen) atoms. The van der Waals surface area contributed by atoms with Crippen molar-refractivity contribution in [2.45, 2.75) is 5.22 Å². The quantitative estimate of drug-likeness (QED) is 0.793. The molecule has 0 spiro atoms. The number of carboxylic acids is 1. The summed E-state index contributed by atoms with van der Waals surface area (Å²) in [7, 11) is 0. The number of hydrogen-bond acceptors (Lipinski definition) is 6. The molecule has 90 valence electrons. The van der Waals surface area contributed by atoms with Crippen molar-refractivity contribution in [3.63, 3.8) is 0 Å². The highest BCUT2D eigenvalue weighted by molar-refractivity contribution is 9.13. The van der Waals surface area contributed by atoms with E-state index in [2.05, 4.69) is 42.1 Å². The maximum absolute atomic E-state index is 10.4. The Bertz CT molecular complexity index is 535. The first kappa shape index (κ1) is 13.1. The minimum absolute atomic E-state index is 0.0978. The van der Waals surface area contributed by atoms with Crippen LogP contribution in [0, 0.1) is 0 Å². The summed E-state index contributed by atoms with van der Waals surface area (Å²) in [6, 6.07) is 1.86. The molecule has 0 fully saturated rings. The minimum Gasteiger partial charge on any atom is -0.481 e. The van der Waals surface area contributed by atoms with Gasteiger partial charge in [-0.25, -0.2) is 0 Å². The number of thiophene rings is 1. The molecule has 0 aliphatic carbocycles. The molecule has 2 aromatic heterocycles. The van der Waals surface area contributed by atoms with Crippen molar-refractivity contribution in [1.82, 2.24) is 10.2 Å². The molecule has 0 atom stereocenters. The lowest BCUT2D eigenvalue weighted by molar-refractivity contribution is -0.133. The number of halogens is 2. The highest BCUT2D eigenvalue weighted by Gasteiger charge is 2.14. The molecule has 0 aromatic carbocycles. The zero-order valence-electron chi connectivity index (χ0n) is 8.02. The lowest BCUT2D eigenvalue weighted by atomic mass is 10.5. The van der Waals surface area contributed by atoms with Crippen LogP contribution in [0.25, 0.3) is 10.8 Å². The first-order chi connectivity index (χ1) is 8.06. The Hall–Kier alpha value is -0.380. The zero-order valence-corrected chi connectivity index (χ0v) is 12.8. The fourth-order valence-electron chi connectivity index (χ4n) is 0.943. The van der Waals surface area contributed by atoms with E-state index in [1.807, 2.05) is 6.07 Å². The maximum Gasteiger partial charge on any atom is 0.314 e. The van der Waals surface area contributed by atoms with E-state index in [0.717, 1.165) is 24.9 Å². The molecular weight excluding hydrogens is 396 g/mol. The number of carbonyl (C=O) groups is 1. The van der Waals surface area contributed by atoms with Crippen LogP contribution in [0.2, 0.25) is 0 Å². The Kier molecular flexibility index (Phi) is 4.23. The van der Waals surface area contributed by atoms with Crippen LogP contribution in [0.4, 0.5) is 0 Å². The summed E-state index contributed by atoms with van der Waals surface area (Å²) in [5.41, 5.74) is 0. The Morgan fingerprint density at radius 2 is 2.29 bits per heavy atom. The number of rotatable bonds is 4. The standard InChI is InChI=1S/C8H4Br2N2O3S2/c9-3-1-4(17-6(3)10)7-11-12-8(15-7)16-2-5(13)14/h1H,2H2,(H,13,14). The summed E-state index contributed by atoms with van der Waals surface area (Å²) in [5, 5.41) is 16.4. The van der Waals surface area contributed by atoms with Gasteiger partial charge >= 0.3 is 5.97 Å². The predicted molar refractivity (Wildman–Crippen MR) is 71.4 cm³/mol. The summed E-state index contributed by atoms with van der Waals surface area (Å²) >= 11 is 9.18. The van der Waals surface area contributed by atoms with Crippen LogP contribution in [0.1, 0.15) is 0 Å². The average molecular weight is 400 g/mol. The normalized spacial score (nSPS) is 10.7. The van der Waals surface area contributed by atoms with Crippen LogP contribution in [0.3, 0.4) is 0 Å². The second-order valence-electron chi connectivity index (χ2n) is 2.79. The highest BCUT2D eigenvalue weighted by Crippen LogP contribution is 2.38. The predicted octanol–water partition coefficient (Wildman–Crippen LogP) is 3.50. The van der Waals surface area contributed by atoms with Crippen molar-refractivity contribution < 1.29 is 14.3 Å². The third-order valence-electron chi connectivity index (χ3n) is 1.58. The number of aromatic nitrogens is 2. The van der Waals surface area contributed by atoms with E-state index in [4.69, 9.17) is 9.52 Å². The van der Waals surface area contributed by atoms with E-state index in [9.17, 15) is 4.79 Å². The zero-order chi connectivity index (χ0) is 12.4. The Balaban J connectivity index is 2.15. The molecule has 1 N–H and O–H groups in total. The molecule has 0 amide bonds. The fourth-order valence-corrected chi connectivity index (χ4v) is 3.38. The average Bonchev–Trinajstić information content (AvgIpc) is 2.84. The van der Waals surface area contributed by atoms with E-state index in [-0.39, 0.29) is 11.0 Å². The summed E-state index contributed by atoms with van der Waals surface area (Å²) in [6.07, 6.45) is 0. The van der Waals surface area contributed by atoms with Gasteiger partial charge in [-0.3, -0.25) is 4.79 Å². The Morgan fingerprint density at radius 3 is 2.88 bits per heavy atom. The van der Waals surface area contributed by atoms with Gasteiger partial charge in [-0.2, -0.15) is 0 Å². The van der Waals surface area contributed by atoms with Crippen molar-refractivity contribution >= 4 is 60.9 Å². The SMILES string of the molecule is O=C(O)CSc1nnc(-c2cc(Br)c(Br)s2)o1. The second kappa shape index (κ2) is 5.51. The van der Waals surface area contributed by atoms with Gasteiger partial charge < -0.3 is 9.52 Å². The molecule has 0 saturated heterocycles. The minimum atomic E-state index is -0.920. The van der Waals surface area contributed by atoms with E-state index in [1.165, 1.54) is 11.3 Å². The number of hydrogen-bond donors (Lipinski definition) is 1. The van der Waals surface area contributed by atoms with Gasteiger partial charge in [0.05, 0.1) is 8.66 Å². The molecule has 2 heterocycles. The fraction of sp³-hybridized carbons (Fsp3) is 0.125. The van der Waals surface area contributed by atoms with Crippen molar-refractivity contribution in [3.8, 4) is 10.8 Å². The van der Waals surface area contributed by atoms with Crippen molar-refractivity contribution in [2.24, 2.45) is 0 Å². The number of carboxylic acid groups (broad SMARTS) is 1. The molecule has 0 radical (unpaired) electrons. The van der Waals surface area contributed by atoms with Gasteiger partial charge in [-0.1, -0.05) is 11.8 Å².